The molecule has 0 aliphatic carbocycles. The van der Waals surface area contributed by atoms with Gasteiger partial charge in [0.15, 0.2) is 0 Å². The van der Waals surface area contributed by atoms with Crippen LogP contribution in [0.5, 0.6) is 11.5 Å². The van der Waals surface area contributed by atoms with Crippen LogP contribution in [0.15, 0.2) is 73.1 Å². The van der Waals surface area contributed by atoms with Crippen LogP contribution in [-0.4, -0.2) is 37.0 Å². The van der Waals surface area contributed by atoms with Crippen LogP contribution in [0.1, 0.15) is 17.5 Å². The Balaban J connectivity index is 1.60. The van der Waals surface area contributed by atoms with Crippen molar-refractivity contribution in [2.75, 3.05) is 27.3 Å². The lowest BCUT2D eigenvalue weighted by molar-refractivity contribution is 0.414. The second-order valence-electron chi connectivity index (χ2n) is 6.11. The Bertz CT molecular complexity index is 773. The summed E-state index contributed by atoms with van der Waals surface area (Å²) in [5, 5.41) is 6.50. The van der Waals surface area contributed by atoms with Gasteiger partial charge in [0.1, 0.15) is 11.5 Å². The zero-order chi connectivity index (χ0) is 20.9. The highest BCUT2D eigenvalue weighted by Crippen LogP contribution is 2.13. The van der Waals surface area contributed by atoms with Crippen molar-refractivity contribution in [2.24, 2.45) is 0 Å². The molecule has 0 saturated heterocycles. The number of ether oxygens (including phenoxy) is 2. The van der Waals surface area contributed by atoms with Crippen molar-refractivity contribution in [2.45, 2.75) is 6.42 Å². The van der Waals surface area contributed by atoms with Gasteiger partial charge in [0.2, 0.25) is 0 Å². The zero-order valence-corrected chi connectivity index (χ0v) is 18.3. The van der Waals surface area contributed by atoms with E-state index in [0.29, 0.717) is 0 Å². The quantitative estimate of drug-likeness (QED) is 0.226. The van der Waals surface area contributed by atoms with E-state index < -0.39 is 0 Å². The van der Waals surface area contributed by atoms with E-state index >= 15 is 0 Å². The van der Waals surface area contributed by atoms with Crippen LogP contribution in [0, 0.1) is 0 Å². The minimum atomic E-state index is 0.785. The third kappa shape index (κ3) is 8.05. The molecule has 0 bridgehead atoms. The Hall–Kier alpha value is -2.70. The summed E-state index contributed by atoms with van der Waals surface area (Å²) in [7, 11) is 3.30. The number of benzene rings is 2. The van der Waals surface area contributed by atoms with Gasteiger partial charge in [0, 0.05) is 22.8 Å². The van der Waals surface area contributed by atoms with Crippen molar-refractivity contribution >= 4 is 34.2 Å². The van der Waals surface area contributed by atoms with Crippen LogP contribution in [0.4, 0.5) is 0 Å². The average molecular weight is 427 g/mol. The minimum absolute atomic E-state index is 0.785. The molecule has 0 radical (unpaired) electrons. The van der Waals surface area contributed by atoms with Gasteiger partial charge in [0.05, 0.1) is 14.2 Å². The predicted molar refractivity (Wildman–Crippen MR) is 128 cm³/mol. The van der Waals surface area contributed by atoms with Gasteiger partial charge >= 0.3 is 0 Å². The molecule has 0 heterocycles. The molecule has 0 aliphatic rings. The van der Waals surface area contributed by atoms with E-state index in [1.54, 1.807) is 14.2 Å². The number of allylic oxidation sites excluding steroid dienone is 2. The van der Waals surface area contributed by atoms with Crippen molar-refractivity contribution in [3.8, 4) is 11.5 Å². The van der Waals surface area contributed by atoms with Crippen molar-refractivity contribution < 1.29 is 9.47 Å². The molecular weight excluding hydrogens is 400 g/mol. The molecule has 4 nitrogen and oxygen atoms in total. The lowest BCUT2D eigenvalue weighted by atomic mass is 10.1. The van der Waals surface area contributed by atoms with Crippen molar-refractivity contribution in [3.63, 3.8) is 0 Å². The lowest BCUT2D eigenvalue weighted by Crippen LogP contribution is -2.15. The highest BCUT2D eigenvalue weighted by Gasteiger charge is 1.98. The summed E-state index contributed by atoms with van der Waals surface area (Å²) < 4.78 is 10.3. The molecule has 6 heteroatoms. The molecule has 2 aromatic carbocycles. The van der Waals surface area contributed by atoms with E-state index in [-0.39, 0.29) is 0 Å². The van der Waals surface area contributed by atoms with Crippen molar-refractivity contribution in [1.82, 2.24) is 10.6 Å². The van der Waals surface area contributed by atoms with E-state index in [1.165, 1.54) is 0 Å². The van der Waals surface area contributed by atoms with Crippen LogP contribution in [0.25, 0.3) is 0 Å². The maximum atomic E-state index is 5.41. The van der Waals surface area contributed by atoms with Crippen LogP contribution >= 0.6 is 24.4 Å². The van der Waals surface area contributed by atoms with Gasteiger partial charge in [-0.3, -0.25) is 0 Å². The van der Waals surface area contributed by atoms with Gasteiger partial charge in [-0.25, -0.2) is 0 Å². The molecule has 0 aromatic heterocycles. The van der Waals surface area contributed by atoms with Gasteiger partial charge in [-0.05, 0) is 90.6 Å². The third-order valence-electron chi connectivity index (χ3n) is 4.10. The Morgan fingerprint density at radius 3 is 1.45 bits per heavy atom. The first kappa shape index (κ1) is 22.6. The molecule has 2 N–H and O–H groups in total. The summed E-state index contributed by atoms with van der Waals surface area (Å²) >= 11 is 10.8. The van der Waals surface area contributed by atoms with Crippen LogP contribution in [-0.2, 0) is 0 Å². The Morgan fingerprint density at radius 1 is 0.724 bits per heavy atom. The molecular formula is C23H26N2O2S2. The Morgan fingerprint density at radius 2 is 1.10 bits per heavy atom. The summed E-state index contributed by atoms with van der Waals surface area (Å²) in [5.41, 5.74) is 2.00. The predicted octanol–water partition coefficient (Wildman–Crippen LogP) is 4.44. The molecule has 0 spiro atoms. The van der Waals surface area contributed by atoms with E-state index in [0.717, 1.165) is 51.9 Å². The van der Waals surface area contributed by atoms with Crippen LogP contribution < -0.4 is 20.1 Å². The molecule has 0 unspecified atom stereocenters. The van der Waals surface area contributed by atoms with Gasteiger partial charge in [-0.15, -0.1) is 0 Å². The smallest absolute Gasteiger partial charge is 0.118 e. The molecule has 0 saturated carbocycles. The summed E-state index contributed by atoms with van der Waals surface area (Å²) in [5.74, 6) is 1.65. The van der Waals surface area contributed by atoms with Crippen molar-refractivity contribution in [3.05, 3.63) is 84.2 Å². The Kier molecular flexibility index (Phi) is 9.89. The number of methoxy groups -OCH3 is 2. The van der Waals surface area contributed by atoms with Gasteiger partial charge < -0.3 is 20.1 Å². The number of nitrogens with one attached hydrogen (secondary N) is 2. The minimum Gasteiger partial charge on any atom is -0.497 e. The third-order valence-corrected chi connectivity index (χ3v) is 4.84. The fourth-order valence-corrected chi connectivity index (χ4v) is 2.84. The molecule has 0 amide bonds. The Labute approximate surface area is 183 Å². The highest BCUT2D eigenvalue weighted by molar-refractivity contribution is 7.81. The van der Waals surface area contributed by atoms with Gasteiger partial charge in [-0.2, -0.15) is 0 Å². The SMILES string of the molecule is COc1ccc(C(=S)C=CNCCCNC=CC(=S)c2ccc(OC)cc2)cc1. The zero-order valence-electron chi connectivity index (χ0n) is 16.7. The fourth-order valence-electron chi connectivity index (χ4n) is 2.43. The fraction of sp³-hybridized carbons (Fsp3) is 0.217. The first-order chi connectivity index (χ1) is 14.1. The lowest BCUT2D eigenvalue weighted by Gasteiger charge is -2.04. The largest absolute Gasteiger partial charge is 0.497 e. The summed E-state index contributed by atoms with van der Waals surface area (Å²) in [6.45, 7) is 1.71. The first-order valence-electron chi connectivity index (χ1n) is 9.30. The standard InChI is InChI=1S/C23H26N2O2S2/c1-26-20-8-4-18(5-9-20)22(28)12-16-24-14-3-15-25-17-13-23(29)19-6-10-21(27-2)11-7-19/h4-13,16-17,24-25H,3,14-15H2,1-2H3. The van der Waals surface area contributed by atoms with Crippen LogP contribution in [0.2, 0.25) is 0 Å². The molecule has 152 valence electrons. The maximum absolute atomic E-state index is 5.41. The molecule has 0 atom stereocenters. The molecule has 0 fully saturated rings. The van der Waals surface area contributed by atoms with E-state index in [4.69, 9.17) is 33.9 Å². The molecule has 2 aromatic rings. The maximum Gasteiger partial charge on any atom is 0.118 e. The molecule has 29 heavy (non-hydrogen) atoms. The van der Waals surface area contributed by atoms with Crippen molar-refractivity contribution in [1.29, 1.82) is 0 Å². The van der Waals surface area contributed by atoms with Gasteiger partial charge in [-0.1, -0.05) is 24.4 Å². The average Bonchev–Trinajstić information content (AvgIpc) is 2.77. The summed E-state index contributed by atoms with van der Waals surface area (Å²) in [4.78, 5) is 1.57. The first-order valence-corrected chi connectivity index (χ1v) is 10.1. The molecule has 0 aliphatic heterocycles. The second-order valence-corrected chi connectivity index (χ2v) is 6.99. The number of hydrogen-bond donors (Lipinski definition) is 2. The summed E-state index contributed by atoms with van der Waals surface area (Å²) in [6.07, 6.45) is 8.55. The van der Waals surface area contributed by atoms with Crippen LogP contribution in [0.3, 0.4) is 0 Å². The van der Waals surface area contributed by atoms with Gasteiger partial charge in [0.25, 0.3) is 0 Å². The monoisotopic (exact) mass is 426 g/mol. The normalized spacial score (nSPS) is 10.8. The molecule has 2 rings (SSSR count). The van der Waals surface area contributed by atoms with E-state index in [1.807, 2.05) is 73.1 Å². The topological polar surface area (TPSA) is 42.5 Å². The number of hydrogen-bond acceptors (Lipinski definition) is 6. The van der Waals surface area contributed by atoms with E-state index in [2.05, 4.69) is 10.6 Å². The van der Waals surface area contributed by atoms with E-state index in [9.17, 15) is 0 Å². The summed E-state index contributed by atoms with van der Waals surface area (Å²) in [6, 6.07) is 15.4. The number of rotatable bonds is 12. The highest BCUT2D eigenvalue weighted by atomic mass is 32.1. The number of thiocarbonyl (C=S) groups is 2. The second kappa shape index (κ2) is 12.7.